The summed E-state index contributed by atoms with van der Waals surface area (Å²) in [5.41, 5.74) is 0. The van der Waals surface area contributed by atoms with Gasteiger partial charge >= 0.3 is 0 Å². The quantitative estimate of drug-likeness (QED) is 0.581. The molecule has 0 aromatic carbocycles. The maximum Gasteiger partial charge on any atom is 0.277 e. The molecule has 1 fully saturated rings. The first-order valence-corrected chi connectivity index (χ1v) is 6.81. The molecule has 0 spiro atoms. The summed E-state index contributed by atoms with van der Waals surface area (Å²) in [5, 5.41) is 9.03. The van der Waals surface area contributed by atoms with E-state index in [0.717, 1.165) is 12.8 Å². The first kappa shape index (κ1) is 12.9. The zero-order chi connectivity index (χ0) is 11.5. The molecule has 0 aliphatic heterocycles. The predicted octanol–water partition coefficient (Wildman–Crippen LogP) is -0.0202. The fraction of sp³-hybridized carbons (Fsp3) is 1.00. The van der Waals surface area contributed by atoms with Crippen molar-refractivity contribution in [2.75, 3.05) is 6.61 Å². The van der Waals surface area contributed by atoms with Gasteiger partial charge in [0.2, 0.25) is 0 Å². The van der Waals surface area contributed by atoms with Crippen LogP contribution in [0.4, 0.5) is 0 Å². The maximum atomic E-state index is 11.5. The van der Waals surface area contributed by atoms with Gasteiger partial charge in [-0.05, 0) is 25.2 Å². The molecule has 5 nitrogen and oxygen atoms in total. The van der Waals surface area contributed by atoms with Crippen LogP contribution in [0.2, 0.25) is 0 Å². The second kappa shape index (κ2) is 5.25. The lowest BCUT2D eigenvalue weighted by Gasteiger charge is -2.18. The van der Waals surface area contributed by atoms with Crippen molar-refractivity contribution in [2.45, 2.75) is 45.2 Å². The van der Waals surface area contributed by atoms with Crippen molar-refractivity contribution < 1.29 is 13.5 Å². The summed E-state index contributed by atoms with van der Waals surface area (Å²) >= 11 is 0. The van der Waals surface area contributed by atoms with Crippen LogP contribution >= 0.6 is 0 Å². The number of aliphatic hydroxyl groups excluding tert-OH is 1. The Hall–Kier alpha value is -0.170. The van der Waals surface area contributed by atoms with Gasteiger partial charge in [-0.2, -0.15) is 17.9 Å². The highest BCUT2D eigenvalue weighted by Crippen LogP contribution is 2.19. The monoisotopic (exact) mass is 236 g/mol. The van der Waals surface area contributed by atoms with Crippen molar-refractivity contribution in [3.63, 3.8) is 0 Å². The van der Waals surface area contributed by atoms with Crippen LogP contribution in [0.15, 0.2) is 0 Å². The highest BCUT2D eigenvalue weighted by molar-refractivity contribution is 7.87. The zero-order valence-electron chi connectivity index (χ0n) is 9.23. The van der Waals surface area contributed by atoms with E-state index in [2.05, 4.69) is 9.44 Å². The van der Waals surface area contributed by atoms with Gasteiger partial charge in [0.05, 0.1) is 6.61 Å². The molecular weight excluding hydrogens is 216 g/mol. The molecule has 1 saturated carbocycles. The van der Waals surface area contributed by atoms with Gasteiger partial charge in [-0.25, -0.2) is 0 Å². The van der Waals surface area contributed by atoms with E-state index in [0.29, 0.717) is 12.3 Å². The Morgan fingerprint density at radius 1 is 1.40 bits per heavy atom. The third kappa shape index (κ3) is 5.46. The molecule has 0 radical (unpaired) electrons. The Morgan fingerprint density at radius 3 is 2.40 bits per heavy atom. The summed E-state index contributed by atoms with van der Waals surface area (Å²) in [6.45, 7) is 3.82. The van der Waals surface area contributed by atoms with Crippen LogP contribution < -0.4 is 9.44 Å². The molecule has 1 atom stereocenters. The third-order valence-electron chi connectivity index (χ3n) is 2.20. The molecule has 3 N–H and O–H groups in total. The Bertz CT molecular complexity index is 286. The summed E-state index contributed by atoms with van der Waals surface area (Å²) in [5.74, 6) is 0.353. The summed E-state index contributed by atoms with van der Waals surface area (Å²) < 4.78 is 28.0. The van der Waals surface area contributed by atoms with Crippen LogP contribution in [0.5, 0.6) is 0 Å². The van der Waals surface area contributed by atoms with E-state index in [-0.39, 0.29) is 18.7 Å². The first-order valence-electron chi connectivity index (χ1n) is 5.33. The predicted molar refractivity (Wildman–Crippen MR) is 58.5 cm³/mol. The van der Waals surface area contributed by atoms with Crippen molar-refractivity contribution in [2.24, 2.45) is 5.92 Å². The molecule has 1 aliphatic carbocycles. The van der Waals surface area contributed by atoms with Crippen LogP contribution in [0.1, 0.15) is 33.1 Å². The van der Waals surface area contributed by atoms with Crippen LogP contribution in [0.25, 0.3) is 0 Å². The minimum absolute atomic E-state index is 0.0980. The number of hydrogen-bond acceptors (Lipinski definition) is 3. The Balaban J connectivity index is 2.41. The molecule has 1 rings (SSSR count). The summed E-state index contributed by atoms with van der Waals surface area (Å²) in [6, 6.07) is -0.290. The van der Waals surface area contributed by atoms with Gasteiger partial charge < -0.3 is 5.11 Å². The van der Waals surface area contributed by atoms with Crippen molar-refractivity contribution in [3.05, 3.63) is 0 Å². The fourth-order valence-corrected chi connectivity index (χ4v) is 2.76. The second-order valence-electron chi connectivity index (χ2n) is 4.52. The average molecular weight is 236 g/mol. The molecule has 0 aromatic rings. The maximum absolute atomic E-state index is 11.5. The number of nitrogens with one attached hydrogen (secondary N) is 2. The fourth-order valence-electron chi connectivity index (χ4n) is 1.40. The van der Waals surface area contributed by atoms with Crippen molar-refractivity contribution in [3.8, 4) is 0 Å². The van der Waals surface area contributed by atoms with Gasteiger partial charge in [0, 0.05) is 12.1 Å². The van der Waals surface area contributed by atoms with Crippen molar-refractivity contribution in [1.29, 1.82) is 0 Å². The molecule has 1 unspecified atom stereocenters. The van der Waals surface area contributed by atoms with E-state index < -0.39 is 10.2 Å². The first-order chi connectivity index (χ1) is 6.93. The molecule has 6 heteroatoms. The molecule has 1 aliphatic rings. The number of hydrogen-bond donors (Lipinski definition) is 3. The van der Waals surface area contributed by atoms with Crippen LogP contribution in [-0.4, -0.2) is 32.2 Å². The van der Waals surface area contributed by atoms with Gasteiger partial charge in [0.25, 0.3) is 10.2 Å². The third-order valence-corrected chi connectivity index (χ3v) is 3.48. The molecule has 0 bridgehead atoms. The van der Waals surface area contributed by atoms with E-state index in [1.165, 1.54) is 0 Å². The molecule has 90 valence electrons. The van der Waals surface area contributed by atoms with Crippen LogP contribution in [0, 0.1) is 5.92 Å². The van der Waals surface area contributed by atoms with Crippen LogP contribution in [-0.2, 0) is 10.2 Å². The average Bonchev–Trinajstić information content (AvgIpc) is 2.84. The molecule has 0 amide bonds. The van der Waals surface area contributed by atoms with E-state index >= 15 is 0 Å². The summed E-state index contributed by atoms with van der Waals surface area (Å²) in [4.78, 5) is 0. The highest BCUT2D eigenvalue weighted by Gasteiger charge is 2.28. The number of rotatable bonds is 7. The van der Waals surface area contributed by atoms with Crippen molar-refractivity contribution in [1.82, 2.24) is 9.44 Å². The minimum atomic E-state index is -3.44. The SMILES string of the molecule is CC(C)CC(CO)NS(=O)(=O)NC1CC1. The normalized spacial score (nSPS) is 19.5. The topological polar surface area (TPSA) is 78.4 Å². The lowest BCUT2D eigenvalue weighted by molar-refractivity contribution is 0.239. The van der Waals surface area contributed by atoms with E-state index in [9.17, 15) is 8.42 Å². The van der Waals surface area contributed by atoms with E-state index in [1.807, 2.05) is 13.8 Å². The largest absolute Gasteiger partial charge is 0.395 e. The molecular formula is C9H20N2O3S. The molecule has 0 aromatic heterocycles. The number of aliphatic hydroxyl groups is 1. The highest BCUT2D eigenvalue weighted by atomic mass is 32.2. The van der Waals surface area contributed by atoms with Crippen LogP contribution in [0.3, 0.4) is 0 Å². The minimum Gasteiger partial charge on any atom is -0.395 e. The summed E-state index contributed by atoms with van der Waals surface area (Å²) in [6.07, 6.45) is 2.46. The van der Waals surface area contributed by atoms with E-state index in [1.54, 1.807) is 0 Å². The Labute approximate surface area is 91.4 Å². The van der Waals surface area contributed by atoms with Gasteiger partial charge in [-0.15, -0.1) is 0 Å². The van der Waals surface area contributed by atoms with Gasteiger partial charge in [0.15, 0.2) is 0 Å². The molecule has 0 saturated heterocycles. The zero-order valence-corrected chi connectivity index (χ0v) is 10.0. The Morgan fingerprint density at radius 2 is 2.00 bits per heavy atom. The summed E-state index contributed by atoms with van der Waals surface area (Å²) in [7, 11) is -3.44. The van der Waals surface area contributed by atoms with Gasteiger partial charge in [-0.3, -0.25) is 0 Å². The second-order valence-corrected chi connectivity index (χ2v) is 6.00. The van der Waals surface area contributed by atoms with Gasteiger partial charge in [-0.1, -0.05) is 13.8 Å². The van der Waals surface area contributed by atoms with Crippen molar-refractivity contribution >= 4 is 10.2 Å². The lowest BCUT2D eigenvalue weighted by atomic mass is 10.1. The Kier molecular flexibility index (Phi) is 4.51. The lowest BCUT2D eigenvalue weighted by Crippen LogP contribution is -2.45. The van der Waals surface area contributed by atoms with Gasteiger partial charge in [0.1, 0.15) is 0 Å². The molecule has 0 heterocycles. The van der Waals surface area contributed by atoms with E-state index in [4.69, 9.17) is 5.11 Å². The smallest absolute Gasteiger partial charge is 0.277 e. The molecule has 15 heavy (non-hydrogen) atoms. The standard InChI is InChI=1S/C9H20N2O3S/c1-7(2)5-9(6-12)11-15(13,14)10-8-3-4-8/h7-12H,3-6H2,1-2H3.